The predicted molar refractivity (Wildman–Crippen MR) is 70.1 cm³/mol. The van der Waals surface area contributed by atoms with Crippen molar-refractivity contribution in [1.29, 1.82) is 0 Å². The van der Waals surface area contributed by atoms with Crippen LogP contribution in [0.2, 0.25) is 5.02 Å². The lowest BCUT2D eigenvalue weighted by Crippen LogP contribution is -2.04. The number of aryl methyl sites for hydroxylation is 1. The second-order valence-electron chi connectivity index (χ2n) is 3.54. The summed E-state index contributed by atoms with van der Waals surface area (Å²) in [7, 11) is 1.94. The monoisotopic (exact) mass is 252 g/mol. The molecular weight excluding hydrogens is 240 g/mol. The molecule has 16 heavy (non-hydrogen) atoms. The fourth-order valence-corrected chi connectivity index (χ4v) is 2.90. The van der Waals surface area contributed by atoms with Crippen molar-refractivity contribution in [3.63, 3.8) is 0 Å². The molecule has 1 N–H and O–H groups in total. The first-order valence-electron chi connectivity index (χ1n) is 5.08. The molecule has 0 aliphatic heterocycles. The van der Waals surface area contributed by atoms with Gasteiger partial charge in [-0.25, -0.2) is 4.98 Å². The van der Waals surface area contributed by atoms with Crippen molar-refractivity contribution in [3.05, 3.63) is 39.9 Å². The molecule has 0 unspecified atom stereocenters. The molecule has 2 rings (SSSR count). The van der Waals surface area contributed by atoms with E-state index in [1.54, 1.807) is 11.3 Å². The van der Waals surface area contributed by atoms with Gasteiger partial charge in [-0.2, -0.15) is 0 Å². The van der Waals surface area contributed by atoms with Gasteiger partial charge in [0.05, 0.1) is 10.7 Å². The Bertz CT molecular complexity index is 494. The fraction of sp³-hybridized carbons (Fsp3) is 0.250. The van der Waals surface area contributed by atoms with E-state index in [0.29, 0.717) is 0 Å². The van der Waals surface area contributed by atoms with Gasteiger partial charge in [0.2, 0.25) is 0 Å². The van der Waals surface area contributed by atoms with Gasteiger partial charge in [-0.3, -0.25) is 0 Å². The summed E-state index contributed by atoms with van der Waals surface area (Å²) in [6, 6.07) is 7.81. The average Bonchev–Trinajstić information content (AvgIpc) is 2.61. The number of nitrogens with one attached hydrogen (secondary N) is 1. The Morgan fingerprint density at radius 2 is 2.12 bits per heavy atom. The highest BCUT2D eigenvalue weighted by Crippen LogP contribution is 2.32. The zero-order valence-electron chi connectivity index (χ0n) is 9.25. The van der Waals surface area contributed by atoms with Crippen molar-refractivity contribution in [2.75, 3.05) is 7.05 Å². The highest BCUT2D eigenvalue weighted by atomic mass is 35.5. The third-order valence-corrected chi connectivity index (χ3v) is 3.85. The minimum absolute atomic E-state index is 0.757. The summed E-state index contributed by atoms with van der Waals surface area (Å²) >= 11 is 7.84. The molecule has 2 aromatic rings. The summed E-state index contributed by atoms with van der Waals surface area (Å²) in [6.45, 7) is 2.89. The third-order valence-electron chi connectivity index (χ3n) is 2.33. The summed E-state index contributed by atoms with van der Waals surface area (Å²) in [6.07, 6.45) is 0. The molecule has 0 spiro atoms. The molecule has 2 nitrogen and oxygen atoms in total. The molecule has 0 aliphatic rings. The lowest BCUT2D eigenvalue weighted by atomic mass is 10.2. The van der Waals surface area contributed by atoms with Crippen LogP contribution in [-0.2, 0) is 6.54 Å². The van der Waals surface area contributed by atoms with Gasteiger partial charge in [0.15, 0.2) is 0 Å². The molecule has 0 amide bonds. The first kappa shape index (κ1) is 11.6. The normalized spacial score (nSPS) is 10.7. The Morgan fingerprint density at radius 1 is 1.38 bits per heavy atom. The summed E-state index contributed by atoms with van der Waals surface area (Å²) < 4.78 is 0. The van der Waals surface area contributed by atoms with E-state index in [1.807, 2.05) is 38.2 Å². The topological polar surface area (TPSA) is 24.9 Å². The van der Waals surface area contributed by atoms with Gasteiger partial charge < -0.3 is 5.32 Å². The summed E-state index contributed by atoms with van der Waals surface area (Å²) in [5.41, 5.74) is 2.09. The Hall–Kier alpha value is -0.900. The van der Waals surface area contributed by atoms with E-state index in [2.05, 4.69) is 10.3 Å². The van der Waals surface area contributed by atoms with Crippen molar-refractivity contribution in [2.24, 2.45) is 0 Å². The highest BCUT2D eigenvalue weighted by Gasteiger charge is 2.10. The molecule has 4 heteroatoms. The number of hydrogen-bond donors (Lipinski definition) is 1. The Labute approximate surface area is 104 Å². The number of benzene rings is 1. The quantitative estimate of drug-likeness (QED) is 0.905. The van der Waals surface area contributed by atoms with Crippen LogP contribution in [0.1, 0.15) is 10.6 Å². The minimum Gasteiger partial charge on any atom is -0.315 e. The van der Waals surface area contributed by atoms with Crippen molar-refractivity contribution >= 4 is 22.9 Å². The third kappa shape index (κ3) is 2.26. The van der Waals surface area contributed by atoms with E-state index >= 15 is 0 Å². The van der Waals surface area contributed by atoms with Crippen molar-refractivity contribution in [3.8, 4) is 10.6 Å². The van der Waals surface area contributed by atoms with Crippen LogP contribution in [0.4, 0.5) is 0 Å². The number of hydrogen-bond acceptors (Lipinski definition) is 3. The zero-order chi connectivity index (χ0) is 11.5. The van der Waals surface area contributed by atoms with Crippen molar-refractivity contribution in [1.82, 2.24) is 10.3 Å². The van der Waals surface area contributed by atoms with Crippen LogP contribution < -0.4 is 5.32 Å². The van der Waals surface area contributed by atoms with Crippen LogP contribution in [0.5, 0.6) is 0 Å². The maximum atomic E-state index is 6.15. The van der Waals surface area contributed by atoms with Crippen LogP contribution >= 0.6 is 22.9 Å². The number of halogens is 1. The lowest BCUT2D eigenvalue weighted by Gasteiger charge is -1.98. The highest BCUT2D eigenvalue weighted by molar-refractivity contribution is 7.15. The molecule has 0 saturated carbocycles. The number of thiazole rings is 1. The Morgan fingerprint density at radius 3 is 2.81 bits per heavy atom. The molecule has 84 valence electrons. The van der Waals surface area contributed by atoms with Crippen molar-refractivity contribution in [2.45, 2.75) is 13.5 Å². The van der Waals surface area contributed by atoms with E-state index in [0.717, 1.165) is 27.8 Å². The number of rotatable bonds is 3. The van der Waals surface area contributed by atoms with Crippen LogP contribution in [0.3, 0.4) is 0 Å². The number of aromatic nitrogens is 1. The molecule has 0 radical (unpaired) electrons. The largest absolute Gasteiger partial charge is 0.315 e. The molecule has 0 atom stereocenters. The van der Waals surface area contributed by atoms with E-state index in [-0.39, 0.29) is 0 Å². The molecule has 1 aromatic carbocycles. The zero-order valence-corrected chi connectivity index (χ0v) is 10.8. The van der Waals surface area contributed by atoms with Crippen LogP contribution in [0.15, 0.2) is 24.3 Å². The first-order valence-corrected chi connectivity index (χ1v) is 6.27. The fourth-order valence-electron chi connectivity index (χ4n) is 1.50. The number of nitrogens with zero attached hydrogens (tertiary/aromatic N) is 1. The van der Waals surface area contributed by atoms with Gasteiger partial charge in [0.1, 0.15) is 5.01 Å². The lowest BCUT2D eigenvalue weighted by molar-refractivity contribution is 0.823. The second kappa shape index (κ2) is 4.95. The van der Waals surface area contributed by atoms with E-state index in [1.165, 1.54) is 4.88 Å². The van der Waals surface area contributed by atoms with E-state index < -0.39 is 0 Å². The Balaban J connectivity index is 2.42. The summed E-state index contributed by atoms with van der Waals surface area (Å²) in [5, 5.41) is 4.89. The molecule has 0 aliphatic carbocycles. The van der Waals surface area contributed by atoms with Crippen LogP contribution in [0.25, 0.3) is 10.6 Å². The van der Waals surface area contributed by atoms with E-state index in [4.69, 9.17) is 11.6 Å². The van der Waals surface area contributed by atoms with Gasteiger partial charge >= 0.3 is 0 Å². The second-order valence-corrected chi connectivity index (χ2v) is 5.03. The van der Waals surface area contributed by atoms with Gasteiger partial charge in [-0.05, 0) is 20.0 Å². The van der Waals surface area contributed by atoms with E-state index in [9.17, 15) is 0 Å². The smallest absolute Gasteiger partial charge is 0.125 e. The molecule has 0 bridgehead atoms. The molecular formula is C12H13ClN2S. The SMILES string of the molecule is CNCc1sc(-c2ccccc2Cl)nc1C. The first-order chi connectivity index (χ1) is 7.72. The van der Waals surface area contributed by atoms with Crippen LogP contribution in [0, 0.1) is 6.92 Å². The molecule has 0 saturated heterocycles. The predicted octanol–water partition coefficient (Wildman–Crippen LogP) is 3.49. The van der Waals surface area contributed by atoms with Gasteiger partial charge in [-0.1, -0.05) is 29.8 Å². The van der Waals surface area contributed by atoms with Gasteiger partial charge in [0, 0.05) is 17.0 Å². The van der Waals surface area contributed by atoms with Crippen molar-refractivity contribution < 1.29 is 0 Å². The van der Waals surface area contributed by atoms with Gasteiger partial charge in [-0.15, -0.1) is 11.3 Å². The minimum atomic E-state index is 0.757. The molecule has 1 heterocycles. The maximum Gasteiger partial charge on any atom is 0.125 e. The van der Waals surface area contributed by atoms with Crippen LogP contribution in [-0.4, -0.2) is 12.0 Å². The van der Waals surface area contributed by atoms with Gasteiger partial charge in [0.25, 0.3) is 0 Å². The summed E-state index contributed by atoms with van der Waals surface area (Å²) in [4.78, 5) is 5.82. The Kier molecular flexibility index (Phi) is 3.59. The maximum absolute atomic E-state index is 6.15. The summed E-state index contributed by atoms with van der Waals surface area (Å²) in [5.74, 6) is 0. The average molecular weight is 253 g/mol. The molecule has 0 fully saturated rings. The standard InChI is InChI=1S/C12H13ClN2S/c1-8-11(7-14-2)16-12(15-8)9-5-3-4-6-10(9)13/h3-6,14H,7H2,1-2H3. The molecule has 1 aromatic heterocycles.